The number of nitrogens with one attached hydrogen (secondary N) is 7. The van der Waals surface area contributed by atoms with Crippen LogP contribution in [-0.4, -0.2) is 205 Å². The Hall–Kier alpha value is -15.7. The summed E-state index contributed by atoms with van der Waals surface area (Å²) in [6.45, 7) is 3.58. The predicted molar refractivity (Wildman–Crippen MR) is 454 cm³/mol. The SMILES string of the molecule is CCc1nnc(NC(=O)C2CC2)cc1-n1cnc2c(-c3ncn(C)n3)cccc21.CNC(=O)c1nnc(NC(=O)C2CC2)cc1-c1cn(C)c2c(-c3ncn(C)n3)cccc12.CNC(=O)c1nnc(NC(=O)C2CC2)cc1-n1cnc2c(-c3ncn(C)n3)cccc21.CNC(=O)c1nnc(NC(=O)C2CC2)cc1-n1cnc2cc(C(=O)N3CCCC3)ccc21. The number of likely N-dealkylation sites (tertiary alicyclic amines) is 1. The molecule has 15 aromatic rings. The maximum Gasteiger partial charge on any atom is 0.273 e. The van der Waals surface area contributed by atoms with Gasteiger partial charge in [0.2, 0.25) is 23.6 Å². The van der Waals surface area contributed by atoms with Gasteiger partial charge in [0.15, 0.2) is 57.8 Å². The van der Waals surface area contributed by atoms with Crippen molar-refractivity contribution in [3.63, 3.8) is 0 Å². The first-order valence-electron chi connectivity index (χ1n) is 40.5. The molecule has 12 heterocycles. The maximum absolute atomic E-state index is 12.7. The van der Waals surface area contributed by atoms with Crippen molar-refractivity contribution in [1.29, 1.82) is 0 Å². The van der Waals surface area contributed by atoms with E-state index < -0.39 is 11.8 Å². The molecule has 4 aliphatic carbocycles. The first kappa shape index (κ1) is 80.7. The molecule has 5 aliphatic rings. The summed E-state index contributed by atoms with van der Waals surface area (Å²) in [6.07, 6.45) is 21.7. The smallest absolute Gasteiger partial charge is 0.273 e. The number of benzene rings is 4. The van der Waals surface area contributed by atoms with Crippen LogP contribution in [0.5, 0.6) is 0 Å². The molecule has 1 aliphatic heterocycles. The first-order valence-corrected chi connectivity index (χ1v) is 40.5. The van der Waals surface area contributed by atoms with Crippen molar-refractivity contribution in [2.45, 2.75) is 77.6 Å². The van der Waals surface area contributed by atoms with Gasteiger partial charge in [0.05, 0.1) is 61.4 Å². The molecule has 7 N–H and O–H groups in total. The van der Waals surface area contributed by atoms with Crippen molar-refractivity contribution in [3.05, 3.63) is 170 Å². The Bertz CT molecular complexity index is 6720. The maximum atomic E-state index is 12.7. The molecule has 11 aromatic heterocycles. The molecule has 8 amide bonds. The summed E-state index contributed by atoms with van der Waals surface area (Å²) in [5, 5.41) is 66.0. The van der Waals surface area contributed by atoms with Crippen molar-refractivity contribution in [3.8, 4) is 62.4 Å². The Balaban J connectivity index is 0.000000117. The number of anilines is 4. The van der Waals surface area contributed by atoms with Crippen LogP contribution in [0, 0.1) is 23.7 Å². The number of fused-ring (bicyclic) bond motifs is 4. The second-order valence-corrected chi connectivity index (χ2v) is 30.6. The minimum Gasteiger partial charge on any atom is -0.354 e. The Kier molecular flexibility index (Phi) is 22.3. The van der Waals surface area contributed by atoms with Crippen LogP contribution >= 0.6 is 0 Å². The zero-order chi connectivity index (χ0) is 86.1. The van der Waals surface area contributed by atoms with E-state index in [1.807, 2.05) is 115 Å². The zero-order valence-corrected chi connectivity index (χ0v) is 68.7. The Morgan fingerprint density at radius 3 is 1.27 bits per heavy atom. The van der Waals surface area contributed by atoms with Gasteiger partial charge in [0, 0.05) is 149 Å². The van der Waals surface area contributed by atoms with Crippen LogP contribution in [0.15, 0.2) is 141 Å². The molecular weight excluding hydrogens is 1590 g/mol. The predicted octanol–water partition coefficient (Wildman–Crippen LogP) is 7.74. The number of para-hydroxylation sites is 3. The van der Waals surface area contributed by atoms with E-state index in [-0.39, 0.29) is 87.8 Å². The van der Waals surface area contributed by atoms with E-state index in [0.29, 0.717) is 74.6 Å². The molecule has 5 fully saturated rings. The fraction of sp³-hybridized carbons (Fsp3) is 0.298. The third-order valence-electron chi connectivity index (χ3n) is 21.6. The molecule has 0 atom stereocenters. The Labute approximate surface area is 705 Å². The fourth-order valence-corrected chi connectivity index (χ4v) is 14.5. The molecule has 20 rings (SSSR count). The molecule has 0 unspecified atom stereocenters. The lowest BCUT2D eigenvalue weighted by Crippen LogP contribution is -2.27. The monoisotopic (exact) mass is 1670 g/mol. The molecule has 40 heteroatoms. The number of hydrogen-bond acceptors (Lipinski definition) is 25. The van der Waals surface area contributed by atoms with Gasteiger partial charge in [0.25, 0.3) is 23.6 Å². The van der Waals surface area contributed by atoms with Crippen LogP contribution in [0.2, 0.25) is 0 Å². The highest BCUT2D eigenvalue weighted by molar-refractivity contribution is 6.09. The number of hydrogen-bond donors (Lipinski definition) is 7. The molecular formula is C84H84N32O8. The summed E-state index contributed by atoms with van der Waals surface area (Å²) in [5.74, 6) is 1.89. The van der Waals surface area contributed by atoms with Crippen LogP contribution in [0.25, 0.3) is 106 Å². The van der Waals surface area contributed by atoms with E-state index >= 15 is 0 Å². The Morgan fingerprint density at radius 1 is 0.395 bits per heavy atom. The van der Waals surface area contributed by atoms with Crippen molar-refractivity contribution in [2.75, 3.05) is 55.5 Å². The van der Waals surface area contributed by atoms with Gasteiger partial charge in [-0.05, 0) is 125 Å². The topological polar surface area (TPSA) is 478 Å². The van der Waals surface area contributed by atoms with E-state index in [2.05, 4.69) is 123 Å². The second kappa shape index (κ2) is 34.2. The van der Waals surface area contributed by atoms with E-state index in [9.17, 15) is 38.4 Å². The average molecular weight is 1670 g/mol. The van der Waals surface area contributed by atoms with E-state index in [4.69, 9.17) is 0 Å². The molecule has 1 saturated heterocycles. The summed E-state index contributed by atoms with van der Waals surface area (Å²) in [4.78, 5) is 127. The summed E-state index contributed by atoms with van der Waals surface area (Å²) >= 11 is 0. The summed E-state index contributed by atoms with van der Waals surface area (Å²) in [5.41, 5.74) is 12.9. The van der Waals surface area contributed by atoms with Gasteiger partial charge in [-0.3, -0.25) is 66.1 Å². The Morgan fingerprint density at radius 2 is 0.806 bits per heavy atom. The average Bonchev–Trinajstić information content (AvgIpc) is 1.59. The quantitative estimate of drug-likeness (QED) is 0.0383. The lowest BCUT2D eigenvalue weighted by molar-refractivity contribution is -0.118. The van der Waals surface area contributed by atoms with E-state index in [1.54, 1.807) is 106 Å². The minimum absolute atomic E-state index is 0.000604. The fourth-order valence-electron chi connectivity index (χ4n) is 14.5. The number of nitrogens with zero attached hydrogens (tertiary/aromatic N) is 25. The molecule has 628 valence electrons. The first-order chi connectivity index (χ1) is 60.2. The molecule has 40 nitrogen and oxygen atoms in total. The van der Waals surface area contributed by atoms with Gasteiger partial charge in [-0.15, -0.1) is 35.7 Å². The summed E-state index contributed by atoms with van der Waals surface area (Å²) in [7, 11) is 12.0. The van der Waals surface area contributed by atoms with Gasteiger partial charge >= 0.3 is 0 Å². The lowest BCUT2D eigenvalue weighted by atomic mass is 10.0. The number of amides is 8. The van der Waals surface area contributed by atoms with Gasteiger partial charge in [0.1, 0.15) is 38.0 Å². The molecule has 0 spiro atoms. The normalized spacial score (nSPS) is 14.0. The van der Waals surface area contributed by atoms with E-state index in [0.717, 1.165) is 138 Å². The van der Waals surface area contributed by atoms with Crippen LogP contribution in [0.1, 0.15) is 119 Å². The van der Waals surface area contributed by atoms with Gasteiger partial charge in [-0.2, -0.15) is 20.4 Å². The van der Waals surface area contributed by atoms with Gasteiger partial charge < -0.3 is 46.7 Å². The van der Waals surface area contributed by atoms with Crippen LogP contribution in [0.3, 0.4) is 0 Å². The number of carbonyl (C=O) groups is 8. The third-order valence-corrected chi connectivity index (χ3v) is 21.6. The highest BCUT2D eigenvalue weighted by Crippen LogP contribution is 2.40. The molecule has 4 aromatic carbocycles. The standard InChI is InChI=1S/C22H22N8O2.C22H23N7O3.C20H19N9O2.C20H20N8O/c1-23-22(32)18-15(9-17(26-27-18)25-21(31)12-7-8-12)16-10-29(2)19-13(16)5-4-6-14(19)20-24-11-30(3)28-20;1-23-21(31)19-17(11-18(26-27-19)25-20(30)13-4-5-13)29-12-24-15-10-14(6-7-16(15)29)22(32)28-8-2-3-9-28;1-21-20(31)17-14(8-15(25-26-17)24-19(30)11-6-7-11)29-10-22-16-12(4-3-5-13(16)29)18-23-9-28(2)27-18;1-3-14-16(9-17(25-24-14)23-20(29)12-7-8-12)28-11-21-18-13(5-4-6-15(18)28)19-22-10-27(2)26-19/h4-6,9-12H,7-8H2,1-3H3,(H,23,32)(H,25,26,31);6-7,10-13H,2-5,8-9H2,1H3,(H,23,31)(H,25,26,30);3-5,8-11H,6-7H2,1-2H3,(H,21,31)(H,24,25,30);4-6,9-12H,3,7-8H2,1-2H3,(H,23,25,29). The van der Waals surface area contributed by atoms with Crippen LogP contribution < -0.4 is 37.2 Å². The number of rotatable bonds is 20. The third kappa shape index (κ3) is 16.9. The van der Waals surface area contributed by atoms with Gasteiger partial charge in [-0.25, -0.2) is 29.9 Å². The van der Waals surface area contributed by atoms with Crippen LogP contribution in [0.4, 0.5) is 23.3 Å². The summed E-state index contributed by atoms with van der Waals surface area (Å²) < 4.78 is 12.4. The van der Waals surface area contributed by atoms with E-state index in [1.165, 1.54) is 14.1 Å². The number of carbonyl (C=O) groups excluding carboxylic acids is 8. The second-order valence-electron chi connectivity index (χ2n) is 30.6. The highest BCUT2D eigenvalue weighted by Gasteiger charge is 2.35. The molecule has 4 saturated carbocycles. The van der Waals surface area contributed by atoms with Crippen molar-refractivity contribution >= 4 is 115 Å². The molecule has 124 heavy (non-hydrogen) atoms. The van der Waals surface area contributed by atoms with Crippen molar-refractivity contribution in [2.24, 2.45) is 51.9 Å². The lowest BCUT2D eigenvalue weighted by Gasteiger charge is -2.15. The highest BCUT2D eigenvalue weighted by atomic mass is 16.2. The number of aryl methyl sites for hydroxylation is 5. The number of imidazole rings is 3. The minimum atomic E-state index is -0.407. The summed E-state index contributed by atoms with van der Waals surface area (Å²) in [6, 6.07) is 29.6. The molecule has 0 radical (unpaired) electrons. The van der Waals surface area contributed by atoms with Crippen LogP contribution in [-0.2, 0) is 53.8 Å². The van der Waals surface area contributed by atoms with Crippen molar-refractivity contribution < 1.29 is 38.4 Å². The zero-order valence-electron chi connectivity index (χ0n) is 68.7. The molecule has 0 bridgehead atoms. The van der Waals surface area contributed by atoms with Gasteiger partial charge in [-0.1, -0.05) is 31.2 Å². The van der Waals surface area contributed by atoms with Crippen molar-refractivity contribution in [1.82, 2.24) is 139 Å². The largest absolute Gasteiger partial charge is 0.354 e. The number of aromatic nitrogens is 24.